The number of rotatable bonds is 27. The number of phosphoric acid groups is 1. The molecule has 7 nitrogen and oxygen atoms in total. The van der Waals surface area contributed by atoms with Crippen molar-refractivity contribution in [2.24, 2.45) is 0 Å². The third-order valence-corrected chi connectivity index (χ3v) is 36.8. The van der Waals surface area contributed by atoms with Gasteiger partial charge in [0.05, 0.1) is 0 Å². The lowest BCUT2D eigenvalue weighted by Gasteiger charge is -2.42. The summed E-state index contributed by atoms with van der Waals surface area (Å²) < 4.78 is 65.0. The number of hydrogen-bond acceptors (Lipinski definition) is 7. The quantitative estimate of drug-likeness (QED) is 0.0556. The standard InChI is InChI=1S/C87H147O7PSi3/c1-46-58-64(76(7,8)9)61(49-4)70(85(34,35)52-55-89-96(40,41)82(25,26)27)73(67(58)79(16,17)18)92-95(88,93-74-68(80(19,20)21)59(47-2)65(77(10,11)12)62(50-5)71(74)86(36,37)53-56-90-97(42,43)83(28,29)30)94-75-69(81(22,23)24)60(48-3)66(78(13,14)15)63(51-6)72(75)87(38,39)54-57-91-98(44,45)84(31,32)33/h46-51H,1-6,52-57H2,7-45H3. The van der Waals surface area contributed by atoms with Gasteiger partial charge in [0, 0.05) is 53.2 Å². The van der Waals surface area contributed by atoms with Crippen molar-refractivity contribution in [2.45, 2.75) is 351 Å². The van der Waals surface area contributed by atoms with Crippen molar-refractivity contribution in [2.75, 3.05) is 19.8 Å². The molecule has 0 saturated heterocycles. The first-order valence-electron chi connectivity index (χ1n) is 36.6. The van der Waals surface area contributed by atoms with Gasteiger partial charge < -0.3 is 26.8 Å². The van der Waals surface area contributed by atoms with Gasteiger partial charge in [-0.1, -0.05) is 304 Å². The van der Waals surface area contributed by atoms with Crippen LogP contribution in [0, 0.1) is 0 Å². The molecule has 0 saturated carbocycles. The van der Waals surface area contributed by atoms with E-state index in [-0.39, 0.29) is 15.1 Å². The highest BCUT2D eigenvalue weighted by molar-refractivity contribution is 7.49. The summed E-state index contributed by atoms with van der Waals surface area (Å²) in [7, 11) is -12.1. The molecular weight excluding hydrogens is 1270 g/mol. The number of hydrogen-bond donors (Lipinski definition) is 0. The minimum Gasteiger partial charge on any atom is -0.417 e. The molecular formula is C87H147O7PSi3. The molecule has 0 aromatic heterocycles. The maximum atomic E-state index is 19.1. The molecule has 0 amide bonds. The van der Waals surface area contributed by atoms with Crippen molar-refractivity contribution in [3.05, 3.63) is 123 Å². The molecule has 0 bridgehead atoms. The first kappa shape index (κ1) is 88.5. The van der Waals surface area contributed by atoms with Crippen LogP contribution in [0.1, 0.15) is 331 Å². The minimum atomic E-state index is -5.32. The van der Waals surface area contributed by atoms with Crippen LogP contribution in [0.4, 0.5) is 0 Å². The van der Waals surface area contributed by atoms with Crippen molar-refractivity contribution in [1.82, 2.24) is 0 Å². The molecule has 0 spiro atoms. The zero-order valence-electron chi connectivity index (χ0n) is 70.8. The number of phosphoric ester groups is 1. The maximum Gasteiger partial charge on any atom is 0.647 e. The second-order valence-corrected chi connectivity index (χ2v) is 56.9. The zero-order chi connectivity index (χ0) is 77.1. The van der Waals surface area contributed by atoms with E-state index in [0.717, 1.165) is 83.5 Å². The molecule has 11 heteroatoms. The minimum absolute atomic E-state index is 0.0262. The Morgan fingerprint density at radius 1 is 0.276 bits per heavy atom. The highest BCUT2D eigenvalue weighted by Crippen LogP contribution is 2.64. The fourth-order valence-corrected chi connectivity index (χ4v) is 18.0. The molecule has 3 aromatic rings. The largest absolute Gasteiger partial charge is 0.647 e. The van der Waals surface area contributed by atoms with E-state index in [1.165, 1.54) is 0 Å². The Labute approximate surface area is 607 Å². The van der Waals surface area contributed by atoms with Gasteiger partial charge in [-0.3, -0.25) is 0 Å². The summed E-state index contributed by atoms with van der Waals surface area (Å²) in [6.07, 6.45) is 13.5. The monoisotopic (exact) mass is 1420 g/mol. The van der Waals surface area contributed by atoms with Crippen molar-refractivity contribution in [3.8, 4) is 17.2 Å². The Kier molecular flexibility index (Phi) is 26.6. The molecule has 0 aliphatic heterocycles. The van der Waals surface area contributed by atoms with E-state index in [0.29, 0.717) is 56.3 Å². The van der Waals surface area contributed by atoms with E-state index in [1.807, 2.05) is 36.5 Å². The molecule has 0 radical (unpaired) electrons. The topological polar surface area (TPSA) is 72.5 Å². The van der Waals surface area contributed by atoms with Crippen LogP contribution in [-0.2, 0) is 66.6 Å². The molecule has 0 N–H and O–H groups in total. The Morgan fingerprint density at radius 3 is 0.561 bits per heavy atom. The van der Waals surface area contributed by atoms with Crippen LogP contribution >= 0.6 is 7.82 Å². The Bertz CT molecular complexity index is 3130. The predicted octanol–water partition coefficient (Wildman–Crippen LogP) is 28.0. The summed E-state index contributed by atoms with van der Waals surface area (Å²) in [5.41, 5.74) is 7.94. The van der Waals surface area contributed by atoms with Crippen molar-refractivity contribution >= 4 is 69.2 Å². The molecule has 0 atom stereocenters. The molecule has 0 aliphatic rings. The summed E-state index contributed by atoms with van der Waals surface area (Å²) in [5, 5.41) is -0.0785. The SMILES string of the molecule is C=Cc1c(C(C)(C)C)c(C=C)c(C(C)(C)CCO[Si](C)(C)C(C)(C)C)c(OP(=O)(Oc2c(C(C)(C)C)c(C=C)c(C(C)(C)C)c(C=C)c2C(C)(C)CCO[Si](C)(C)C(C)(C)C)Oc2c(C(C)(C)C)c(C=C)c(C(C)(C)C)c(C=C)c2C(C)(C)CCO[Si](C)(C)C(C)(C)C)c1C(C)(C)C. The molecule has 0 aliphatic carbocycles. The predicted molar refractivity (Wildman–Crippen MR) is 444 cm³/mol. The Morgan fingerprint density at radius 2 is 0.429 bits per heavy atom. The summed E-state index contributed by atoms with van der Waals surface area (Å²) >= 11 is 0. The fourth-order valence-electron chi connectivity index (χ4n) is 13.6. The lowest BCUT2D eigenvalue weighted by atomic mass is 9.67. The average Bonchev–Trinajstić information content (AvgIpc) is 0.722. The van der Waals surface area contributed by atoms with Crippen molar-refractivity contribution < 1.29 is 31.4 Å². The van der Waals surface area contributed by atoms with Gasteiger partial charge >= 0.3 is 7.82 Å². The first-order chi connectivity index (χ1) is 43.4. The van der Waals surface area contributed by atoms with Crippen molar-refractivity contribution in [3.63, 3.8) is 0 Å². The van der Waals surface area contributed by atoms with E-state index in [9.17, 15) is 0 Å². The average molecular weight is 1420 g/mol. The summed E-state index contributed by atoms with van der Waals surface area (Å²) in [4.78, 5) is 0. The molecule has 554 valence electrons. The maximum absolute atomic E-state index is 19.1. The third kappa shape index (κ3) is 19.2. The molecule has 3 aromatic carbocycles. The van der Waals surface area contributed by atoms with E-state index < -0.39 is 81.5 Å². The highest BCUT2D eigenvalue weighted by atomic mass is 31.2. The van der Waals surface area contributed by atoms with Crippen LogP contribution in [0.3, 0.4) is 0 Å². The summed E-state index contributed by atoms with van der Waals surface area (Å²) in [5.74, 6) is 1.20. The molecule has 3 rings (SSSR count). The highest BCUT2D eigenvalue weighted by Gasteiger charge is 2.51. The lowest BCUT2D eigenvalue weighted by Crippen LogP contribution is -2.41. The Hall–Kier alpha value is -3.74. The fraction of sp³-hybridized carbons (Fsp3) is 0.655. The van der Waals surface area contributed by atoms with E-state index in [2.05, 4.69) is 307 Å². The van der Waals surface area contributed by atoms with Gasteiger partial charge in [-0.2, -0.15) is 4.57 Å². The van der Waals surface area contributed by atoms with Gasteiger partial charge in [-0.05, 0) is 172 Å². The second-order valence-electron chi connectivity index (χ2n) is 41.0. The molecule has 98 heavy (non-hydrogen) atoms. The lowest BCUT2D eigenvalue weighted by molar-refractivity contribution is 0.243. The first-order valence-corrected chi connectivity index (χ1v) is 46.7. The van der Waals surface area contributed by atoms with E-state index in [4.69, 9.17) is 26.8 Å². The van der Waals surface area contributed by atoms with Crippen LogP contribution in [0.2, 0.25) is 54.4 Å². The zero-order valence-corrected chi connectivity index (χ0v) is 74.6. The van der Waals surface area contributed by atoms with Crippen molar-refractivity contribution in [1.29, 1.82) is 0 Å². The van der Waals surface area contributed by atoms with Crippen LogP contribution in [0.25, 0.3) is 36.5 Å². The van der Waals surface area contributed by atoms with Crippen LogP contribution in [0.15, 0.2) is 39.5 Å². The van der Waals surface area contributed by atoms with Crippen LogP contribution < -0.4 is 13.6 Å². The summed E-state index contributed by atoms with van der Waals surface area (Å²) in [6, 6.07) is 0. The van der Waals surface area contributed by atoms with Gasteiger partial charge in [0.1, 0.15) is 17.2 Å². The Balaban J connectivity index is 3.26. The molecule has 0 fully saturated rings. The van der Waals surface area contributed by atoms with Gasteiger partial charge in [-0.25, -0.2) is 0 Å². The van der Waals surface area contributed by atoms with Gasteiger partial charge in [0.2, 0.25) is 0 Å². The molecule has 0 heterocycles. The number of benzene rings is 3. The normalized spacial score (nSPS) is 14.3. The van der Waals surface area contributed by atoms with Gasteiger partial charge in [-0.15, -0.1) is 0 Å². The molecule has 0 unspecified atom stereocenters. The van der Waals surface area contributed by atoms with Gasteiger partial charge in [0.15, 0.2) is 25.0 Å². The van der Waals surface area contributed by atoms with E-state index in [1.54, 1.807) is 0 Å². The van der Waals surface area contributed by atoms with E-state index >= 15 is 4.57 Å². The second kappa shape index (κ2) is 29.4. The van der Waals surface area contributed by atoms with Gasteiger partial charge in [0.25, 0.3) is 0 Å². The third-order valence-electron chi connectivity index (χ3n) is 21.9. The smallest absolute Gasteiger partial charge is 0.417 e. The summed E-state index contributed by atoms with van der Waals surface area (Å²) in [6.45, 7) is 117. The van der Waals surface area contributed by atoms with Crippen LogP contribution in [-0.4, -0.2) is 44.8 Å². The van der Waals surface area contributed by atoms with Crippen LogP contribution in [0.5, 0.6) is 17.2 Å².